The lowest BCUT2D eigenvalue weighted by atomic mass is 9.74. The molecule has 2 aliphatic carbocycles. The van der Waals surface area contributed by atoms with E-state index < -0.39 is 11.8 Å². The predicted octanol–water partition coefficient (Wildman–Crippen LogP) is 2.70. The number of aliphatic hydroxyl groups excluding tert-OH is 1. The third-order valence-electron chi connectivity index (χ3n) is 6.27. The summed E-state index contributed by atoms with van der Waals surface area (Å²) in [5.41, 5.74) is 7.76. The van der Waals surface area contributed by atoms with Gasteiger partial charge in [0.15, 0.2) is 5.78 Å². The van der Waals surface area contributed by atoms with Crippen LogP contribution in [-0.4, -0.2) is 60.9 Å². The van der Waals surface area contributed by atoms with Gasteiger partial charge >= 0.3 is 0 Å². The molecule has 1 aromatic carbocycles. The number of rotatable bonds is 3. The molecule has 2 aliphatic rings. The van der Waals surface area contributed by atoms with Gasteiger partial charge in [0.05, 0.1) is 16.7 Å². The van der Waals surface area contributed by atoms with Crippen LogP contribution in [0.1, 0.15) is 58.4 Å². The van der Waals surface area contributed by atoms with Crippen LogP contribution in [0.25, 0.3) is 0 Å². The Labute approximate surface area is 188 Å². The van der Waals surface area contributed by atoms with E-state index in [0.29, 0.717) is 24.8 Å². The number of hydrogen-bond acceptors (Lipinski definition) is 6. The number of carbonyl (C=O) groups is 3. The van der Waals surface area contributed by atoms with E-state index in [-0.39, 0.29) is 46.3 Å². The third kappa shape index (κ3) is 4.22. The largest absolute Gasteiger partial charge is 0.511 e. The molecule has 1 unspecified atom stereocenters. The molecule has 1 aromatic rings. The van der Waals surface area contributed by atoms with Crippen molar-refractivity contribution in [1.29, 1.82) is 0 Å². The number of phenols is 1. The van der Waals surface area contributed by atoms with Crippen LogP contribution in [0.2, 0.25) is 0 Å². The SMILES string of the molecule is CN(C)C(=O)c1cc(N(C)C)c2c(c1O)C(=O)/C1=C/C/C(O)=C(/C(N)=O)CCCCC1C2. The summed E-state index contributed by atoms with van der Waals surface area (Å²) in [5.74, 6) is -1.92. The van der Waals surface area contributed by atoms with Crippen molar-refractivity contribution >= 4 is 23.3 Å². The van der Waals surface area contributed by atoms with Crippen molar-refractivity contribution in [2.75, 3.05) is 33.1 Å². The topological polar surface area (TPSA) is 124 Å². The Morgan fingerprint density at radius 3 is 2.41 bits per heavy atom. The number of amides is 2. The second-order valence-corrected chi connectivity index (χ2v) is 8.87. The van der Waals surface area contributed by atoms with Crippen LogP contribution >= 0.6 is 0 Å². The van der Waals surface area contributed by atoms with Gasteiger partial charge in [0.25, 0.3) is 5.91 Å². The second-order valence-electron chi connectivity index (χ2n) is 8.87. The van der Waals surface area contributed by atoms with Gasteiger partial charge < -0.3 is 25.7 Å². The number of nitrogens with two attached hydrogens (primary N) is 1. The van der Waals surface area contributed by atoms with Crippen molar-refractivity contribution in [2.45, 2.75) is 38.5 Å². The van der Waals surface area contributed by atoms with Crippen molar-refractivity contribution in [3.05, 3.63) is 45.7 Å². The number of fused-ring (bicyclic) bond motifs is 2. The number of aromatic hydroxyl groups is 1. The van der Waals surface area contributed by atoms with Crippen molar-refractivity contribution < 1.29 is 24.6 Å². The van der Waals surface area contributed by atoms with Gasteiger partial charge in [0, 0.05) is 45.9 Å². The minimum atomic E-state index is -0.654. The Morgan fingerprint density at radius 1 is 1.12 bits per heavy atom. The molecule has 0 spiro atoms. The number of anilines is 1. The molecule has 0 heterocycles. The molecular formula is C24H31N3O5. The summed E-state index contributed by atoms with van der Waals surface area (Å²) < 4.78 is 0. The molecule has 0 bridgehead atoms. The van der Waals surface area contributed by atoms with Gasteiger partial charge in [-0.2, -0.15) is 0 Å². The van der Waals surface area contributed by atoms with Crippen molar-refractivity contribution in [3.8, 4) is 5.75 Å². The fourth-order valence-electron chi connectivity index (χ4n) is 4.59. The molecule has 172 valence electrons. The van der Waals surface area contributed by atoms with Crippen LogP contribution in [0.3, 0.4) is 0 Å². The summed E-state index contributed by atoms with van der Waals surface area (Å²) in [6.45, 7) is 0. The Balaban J connectivity index is 2.18. The minimum Gasteiger partial charge on any atom is -0.511 e. The lowest BCUT2D eigenvalue weighted by Crippen LogP contribution is -2.29. The Morgan fingerprint density at radius 2 is 1.81 bits per heavy atom. The molecule has 0 fully saturated rings. The number of hydrogen-bond donors (Lipinski definition) is 3. The Bertz CT molecular complexity index is 1040. The molecule has 0 aliphatic heterocycles. The van der Waals surface area contributed by atoms with Gasteiger partial charge in [-0.3, -0.25) is 14.4 Å². The zero-order valence-electron chi connectivity index (χ0n) is 19.1. The van der Waals surface area contributed by atoms with Crippen LogP contribution in [-0.2, 0) is 11.2 Å². The highest BCUT2D eigenvalue weighted by molar-refractivity contribution is 6.16. The van der Waals surface area contributed by atoms with E-state index in [4.69, 9.17) is 5.73 Å². The van der Waals surface area contributed by atoms with Crippen molar-refractivity contribution in [3.63, 3.8) is 0 Å². The van der Waals surface area contributed by atoms with Gasteiger partial charge in [-0.1, -0.05) is 12.5 Å². The minimum absolute atomic E-state index is 0.0167. The van der Waals surface area contributed by atoms with E-state index in [1.165, 1.54) is 4.90 Å². The highest BCUT2D eigenvalue weighted by atomic mass is 16.3. The van der Waals surface area contributed by atoms with Gasteiger partial charge in [0.2, 0.25) is 5.91 Å². The van der Waals surface area contributed by atoms with Crippen LogP contribution < -0.4 is 10.6 Å². The number of ketones is 1. The number of benzene rings is 1. The molecule has 0 saturated carbocycles. The molecule has 4 N–H and O–H groups in total. The molecule has 0 radical (unpaired) electrons. The molecular weight excluding hydrogens is 410 g/mol. The Hall–Kier alpha value is -3.29. The number of primary amides is 1. The number of Topliss-reactive ketones (excluding diaryl/α,β-unsaturated/α-hetero) is 1. The standard InChI is InChI=1S/C24H31N3O5/c1-26(2)18-12-17(24(32)27(3)4)22(30)20-16(18)11-13-7-5-6-8-15(23(25)31)19(28)10-9-14(13)21(20)29/h9,12-13,28,30H,5-8,10-11H2,1-4H3,(H2,25,31)/b14-9+,19-15-. The van der Waals surface area contributed by atoms with E-state index in [2.05, 4.69) is 0 Å². The molecule has 2 amide bonds. The smallest absolute Gasteiger partial charge is 0.257 e. The predicted molar refractivity (Wildman–Crippen MR) is 122 cm³/mol. The number of nitrogens with zero attached hydrogens (tertiary/aromatic N) is 2. The fourth-order valence-corrected chi connectivity index (χ4v) is 4.59. The molecule has 1 atom stereocenters. The number of aliphatic hydroxyl groups is 1. The Kier molecular flexibility index (Phi) is 6.62. The first-order valence-electron chi connectivity index (χ1n) is 10.8. The monoisotopic (exact) mass is 441 g/mol. The summed E-state index contributed by atoms with van der Waals surface area (Å²) in [7, 11) is 6.86. The van der Waals surface area contributed by atoms with E-state index >= 15 is 0 Å². The van der Waals surface area contributed by atoms with Gasteiger partial charge in [-0.15, -0.1) is 0 Å². The summed E-state index contributed by atoms with van der Waals surface area (Å²) >= 11 is 0. The molecule has 8 nitrogen and oxygen atoms in total. The number of allylic oxidation sites excluding steroid dienone is 2. The fraction of sp³-hybridized carbons (Fsp3) is 0.458. The summed E-state index contributed by atoms with van der Waals surface area (Å²) in [4.78, 5) is 41.2. The zero-order chi connectivity index (χ0) is 23.7. The van der Waals surface area contributed by atoms with E-state index in [1.807, 2.05) is 19.0 Å². The molecule has 8 heteroatoms. The normalized spacial score (nSPS) is 22.8. The van der Waals surface area contributed by atoms with Crippen LogP contribution in [0.15, 0.2) is 29.0 Å². The second kappa shape index (κ2) is 9.06. The van der Waals surface area contributed by atoms with Crippen LogP contribution in [0, 0.1) is 5.92 Å². The maximum atomic E-state index is 13.6. The first-order chi connectivity index (χ1) is 15.0. The molecule has 32 heavy (non-hydrogen) atoms. The van der Waals surface area contributed by atoms with Crippen LogP contribution in [0.5, 0.6) is 5.75 Å². The van der Waals surface area contributed by atoms with Crippen molar-refractivity contribution in [1.82, 2.24) is 4.90 Å². The highest BCUT2D eigenvalue weighted by Crippen LogP contribution is 2.44. The maximum Gasteiger partial charge on any atom is 0.257 e. The van der Waals surface area contributed by atoms with Crippen molar-refractivity contribution in [2.24, 2.45) is 11.7 Å². The third-order valence-corrected chi connectivity index (χ3v) is 6.27. The summed E-state index contributed by atoms with van der Waals surface area (Å²) in [6.07, 6.45) is 4.76. The highest BCUT2D eigenvalue weighted by Gasteiger charge is 2.36. The quantitative estimate of drug-likeness (QED) is 0.662. The van der Waals surface area contributed by atoms with Gasteiger partial charge in [0.1, 0.15) is 11.5 Å². The average Bonchev–Trinajstić information content (AvgIpc) is 2.71. The van der Waals surface area contributed by atoms with E-state index in [9.17, 15) is 24.6 Å². The lowest BCUT2D eigenvalue weighted by molar-refractivity contribution is -0.114. The first-order valence-corrected chi connectivity index (χ1v) is 10.8. The van der Waals surface area contributed by atoms with E-state index in [0.717, 1.165) is 24.1 Å². The maximum absolute atomic E-state index is 13.6. The first kappa shape index (κ1) is 23.4. The zero-order valence-corrected chi connectivity index (χ0v) is 19.1. The number of carbonyl (C=O) groups excluding carboxylic acids is 3. The summed E-state index contributed by atoms with van der Waals surface area (Å²) in [5, 5.41) is 21.4. The molecule has 3 rings (SSSR count). The lowest BCUT2D eigenvalue weighted by Gasteiger charge is -2.32. The van der Waals surface area contributed by atoms with Crippen LogP contribution in [0.4, 0.5) is 5.69 Å². The molecule has 0 aromatic heterocycles. The number of phenolic OH excluding ortho intramolecular Hbond substituents is 1. The van der Waals surface area contributed by atoms with Gasteiger partial charge in [-0.25, -0.2) is 0 Å². The molecule has 0 saturated heterocycles. The van der Waals surface area contributed by atoms with E-state index in [1.54, 1.807) is 26.2 Å². The summed E-state index contributed by atoms with van der Waals surface area (Å²) in [6, 6.07) is 1.65. The van der Waals surface area contributed by atoms with Gasteiger partial charge in [-0.05, 0) is 43.2 Å². The average molecular weight is 442 g/mol.